The molecular formula is C12H6Cl2F7N3. The van der Waals surface area contributed by atoms with Crippen molar-refractivity contribution in [2.75, 3.05) is 0 Å². The number of halogens is 9. The van der Waals surface area contributed by atoms with Crippen molar-refractivity contribution in [2.45, 2.75) is 24.4 Å². The molecule has 0 aliphatic rings. The number of rotatable bonds is 3. The number of imidazole rings is 1. The summed E-state index contributed by atoms with van der Waals surface area (Å²) in [6, 6.07) is 0.525. The van der Waals surface area contributed by atoms with E-state index >= 15 is 0 Å². The van der Waals surface area contributed by atoms with Gasteiger partial charge >= 0.3 is 17.5 Å². The Morgan fingerprint density at radius 3 is 2.12 bits per heavy atom. The highest BCUT2D eigenvalue weighted by Gasteiger charge is 2.58. The van der Waals surface area contributed by atoms with Gasteiger partial charge in [0.25, 0.3) is 0 Å². The van der Waals surface area contributed by atoms with Crippen LogP contribution >= 0.6 is 23.2 Å². The normalized spacial score (nSPS) is 13.4. The topological polar surface area (TPSA) is 30.7 Å². The molecule has 24 heavy (non-hydrogen) atoms. The van der Waals surface area contributed by atoms with Crippen molar-refractivity contribution in [1.29, 1.82) is 0 Å². The van der Waals surface area contributed by atoms with Crippen molar-refractivity contribution in [1.82, 2.24) is 14.5 Å². The van der Waals surface area contributed by atoms with Crippen molar-refractivity contribution in [2.24, 2.45) is 0 Å². The van der Waals surface area contributed by atoms with Gasteiger partial charge in [-0.25, -0.2) is 9.97 Å². The molecule has 132 valence electrons. The zero-order valence-electron chi connectivity index (χ0n) is 11.5. The fraction of sp³-hybridized carbons (Fsp3) is 0.333. The van der Waals surface area contributed by atoms with Gasteiger partial charge in [0.05, 0.1) is 10.6 Å². The first-order valence-corrected chi connectivity index (χ1v) is 6.75. The minimum absolute atomic E-state index is 0.250. The summed E-state index contributed by atoms with van der Waals surface area (Å²) < 4.78 is 91.1. The minimum atomic E-state index is -4.91. The molecule has 0 saturated heterocycles. The standard InChI is InChI=1S/C12H6Cl2F7N3/c1-5-23-8(10(15,16)12(14,20)21)4-24(5)9-7(13)2-6(3-22-9)11(17,18)19/h2-4H,1H3. The van der Waals surface area contributed by atoms with E-state index in [1.54, 1.807) is 0 Å². The SMILES string of the molecule is Cc1nc(C(F)(F)C(F)(F)Cl)cn1-c1ncc(C(F)(F)F)cc1Cl. The summed E-state index contributed by atoms with van der Waals surface area (Å²) in [5.41, 5.74) is -2.54. The molecule has 0 atom stereocenters. The highest BCUT2D eigenvalue weighted by Crippen LogP contribution is 2.45. The molecule has 3 nitrogen and oxygen atoms in total. The van der Waals surface area contributed by atoms with Crippen molar-refractivity contribution in [3.8, 4) is 5.82 Å². The molecule has 0 bridgehead atoms. The first-order valence-electron chi connectivity index (χ1n) is 5.99. The summed E-state index contributed by atoms with van der Waals surface area (Å²) in [5.74, 6) is -5.43. The van der Waals surface area contributed by atoms with Gasteiger partial charge in [-0.05, 0) is 24.6 Å². The van der Waals surface area contributed by atoms with Crippen molar-refractivity contribution < 1.29 is 30.7 Å². The molecule has 12 heteroatoms. The van der Waals surface area contributed by atoms with Crippen LogP contribution in [0.1, 0.15) is 17.1 Å². The molecule has 0 unspecified atom stereocenters. The second-order valence-electron chi connectivity index (χ2n) is 4.64. The Morgan fingerprint density at radius 2 is 1.67 bits per heavy atom. The van der Waals surface area contributed by atoms with Crippen molar-refractivity contribution in [3.63, 3.8) is 0 Å². The van der Waals surface area contributed by atoms with Gasteiger partial charge in [-0.15, -0.1) is 0 Å². The molecule has 2 aromatic heterocycles. The number of pyridine rings is 1. The molecule has 0 aromatic carbocycles. The van der Waals surface area contributed by atoms with E-state index in [2.05, 4.69) is 21.6 Å². The molecule has 0 amide bonds. The summed E-state index contributed by atoms with van der Waals surface area (Å²) in [5, 5.41) is -5.44. The molecule has 0 spiro atoms. The van der Waals surface area contributed by atoms with Crippen LogP contribution in [0.5, 0.6) is 0 Å². The lowest BCUT2D eigenvalue weighted by Gasteiger charge is -2.18. The van der Waals surface area contributed by atoms with Crippen molar-refractivity contribution >= 4 is 23.2 Å². The van der Waals surface area contributed by atoms with Crippen LogP contribution in [-0.2, 0) is 12.1 Å². The fourth-order valence-corrected chi connectivity index (χ4v) is 2.10. The number of alkyl halides is 8. The Labute approximate surface area is 140 Å². The van der Waals surface area contributed by atoms with E-state index < -0.39 is 33.8 Å². The van der Waals surface area contributed by atoms with Gasteiger partial charge < -0.3 is 0 Å². The third-order valence-electron chi connectivity index (χ3n) is 2.94. The van der Waals surface area contributed by atoms with Gasteiger partial charge in [0.2, 0.25) is 0 Å². The van der Waals surface area contributed by atoms with Gasteiger partial charge in [-0.1, -0.05) is 11.6 Å². The number of hydrogen-bond donors (Lipinski definition) is 0. The first kappa shape index (κ1) is 18.8. The average molecular weight is 396 g/mol. The van der Waals surface area contributed by atoms with Gasteiger partial charge in [0, 0.05) is 12.4 Å². The third-order valence-corrected chi connectivity index (χ3v) is 3.45. The van der Waals surface area contributed by atoms with Crippen LogP contribution in [0.3, 0.4) is 0 Å². The van der Waals surface area contributed by atoms with Crippen LogP contribution in [0.4, 0.5) is 30.7 Å². The summed E-state index contributed by atoms with van der Waals surface area (Å²) in [6.45, 7) is 1.15. The second-order valence-corrected chi connectivity index (χ2v) is 5.52. The second kappa shape index (κ2) is 5.76. The van der Waals surface area contributed by atoms with Gasteiger partial charge in [0.1, 0.15) is 11.5 Å². The predicted molar refractivity (Wildman–Crippen MR) is 70.8 cm³/mol. The van der Waals surface area contributed by atoms with Crippen LogP contribution in [0.15, 0.2) is 18.5 Å². The number of aryl methyl sites for hydroxylation is 1. The fourth-order valence-electron chi connectivity index (χ4n) is 1.75. The summed E-state index contributed by atoms with van der Waals surface area (Å²) in [4.78, 5) is 6.70. The predicted octanol–water partition coefficient (Wildman–Crippen LogP) is 5.17. The lowest BCUT2D eigenvalue weighted by Crippen LogP contribution is -2.33. The number of aromatic nitrogens is 3. The summed E-state index contributed by atoms with van der Waals surface area (Å²) in [7, 11) is 0. The summed E-state index contributed by atoms with van der Waals surface area (Å²) >= 11 is 10.1. The van der Waals surface area contributed by atoms with Gasteiger partial charge in [-0.2, -0.15) is 30.7 Å². The number of nitrogens with zero attached hydrogens (tertiary/aromatic N) is 3. The van der Waals surface area contributed by atoms with E-state index in [-0.39, 0.29) is 11.6 Å². The van der Waals surface area contributed by atoms with Crippen LogP contribution < -0.4 is 0 Å². The first-order chi connectivity index (χ1) is 10.7. The van der Waals surface area contributed by atoms with Gasteiger partial charge in [-0.3, -0.25) is 4.57 Å². The van der Waals surface area contributed by atoms with Crippen LogP contribution in [0.2, 0.25) is 5.02 Å². The maximum atomic E-state index is 13.5. The molecule has 0 aliphatic carbocycles. The van der Waals surface area contributed by atoms with E-state index in [0.717, 1.165) is 11.5 Å². The number of hydrogen-bond acceptors (Lipinski definition) is 2. The quantitative estimate of drug-likeness (QED) is 0.530. The Morgan fingerprint density at radius 1 is 1.08 bits per heavy atom. The van der Waals surface area contributed by atoms with E-state index in [0.29, 0.717) is 18.5 Å². The molecule has 0 saturated carbocycles. The Bertz CT molecular complexity index is 765. The lowest BCUT2D eigenvalue weighted by atomic mass is 10.2. The largest absolute Gasteiger partial charge is 0.417 e. The van der Waals surface area contributed by atoms with E-state index in [1.165, 1.54) is 0 Å². The summed E-state index contributed by atoms with van der Waals surface area (Å²) in [6.07, 6.45) is -3.81. The molecule has 2 rings (SSSR count). The molecule has 0 aliphatic heterocycles. The monoisotopic (exact) mass is 395 g/mol. The average Bonchev–Trinajstić information content (AvgIpc) is 2.79. The van der Waals surface area contributed by atoms with Gasteiger partial charge in [0.15, 0.2) is 5.82 Å². The van der Waals surface area contributed by atoms with Crippen molar-refractivity contribution in [3.05, 3.63) is 40.6 Å². The molecular weight excluding hydrogens is 390 g/mol. The van der Waals surface area contributed by atoms with Crippen LogP contribution in [0.25, 0.3) is 5.82 Å². The Kier molecular flexibility index (Phi) is 4.51. The minimum Gasteiger partial charge on any atom is -0.286 e. The molecule has 0 fully saturated rings. The van der Waals surface area contributed by atoms with E-state index in [1.807, 2.05) is 0 Å². The third kappa shape index (κ3) is 3.30. The zero-order chi connectivity index (χ0) is 18.5. The Hall–Kier alpha value is -1.55. The molecule has 0 radical (unpaired) electrons. The molecule has 2 aromatic rings. The van der Waals surface area contributed by atoms with Crippen LogP contribution in [0, 0.1) is 6.92 Å². The highest BCUT2D eigenvalue weighted by molar-refractivity contribution is 6.32. The maximum absolute atomic E-state index is 13.5. The maximum Gasteiger partial charge on any atom is 0.417 e. The smallest absolute Gasteiger partial charge is 0.286 e. The van der Waals surface area contributed by atoms with Crippen LogP contribution in [-0.4, -0.2) is 19.9 Å². The van der Waals surface area contributed by atoms with E-state index in [9.17, 15) is 30.7 Å². The molecule has 0 N–H and O–H groups in total. The highest BCUT2D eigenvalue weighted by atomic mass is 35.5. The van der Waals surface area contributed by atoms with E-state index in [4.69, 9.17) is 11.6 Å². The Balaban J connectivity index is 2.52. The molecule has 2 heterocycles. The zero-order valence-corrected chi connectivity index (χ0v) is 13.0. The lowest BCUT2D eigenvalue weighted by molar-refractivity contribution is -0.166.